The Hall–Kier alpha value is -1.26. The van der Waals surface area contributed by atoms with Crippen LogP contribution in [0.2, 0.25) is 10.0 Å². The Morgan fingerprint density at radius 1 is 1.29 bits per heavy atom. The predicted octanol–water partition coefficient (Wildman–Crippen LogP) is 3.93. The molecule has 0 aliphatic heterocycles. The summed E-state index contributed by atoms with van der Waals surface area (Å²) in [5.74, 6) is -0.127. The van der Waals surface area contributed by atoms with Crippen molar-refractivity contribution < 1.29 is 9.63 Å². The maximum Gasteiger partial charge on any atom is 0.338 e. The molecule has 1 aliphatic rings. The van der Waals surface area contributed by atoms with E-state index < -0.39 is 0 Å². The van der Waals surface area contributed by atoms with Crippen LogP contribution in [0.25, 0.3) is 0 Å². The van der Waals surface area contributed by atoms with Crippen molar-refractivity contribution in [3.05, 3.63) is 33.8 Å². The van der Waals surface area contributed by atoms with E-state index in [1.807, 2.05) is 0 Å². The standard InChI is InChI=1S/C15H18Cl2N2O2/c16-12-7-6-11(13(17)9-12)8-14(18)19-21-15(20)10-4-2-1-3-5-10/h6-7,9-10H,1-5,8H2,(H2,18,19). The van der Waals surface area contributed by atoms with E-state index in [4.69, 9.17) is 33.8 Å². The summed E-state index contributed by atoms with van der Waals surface area (Å²) in [6.07, 6.45) is 5.38. The summed E-state index contributed by atoms with van der Waals surface area (Å²) in [6, 6.07) is 5.14. The second kappa shape index (κ2) is 7.66. The number of hydrogen-bond acceptors (Lipinski definition) is 3. The lowest BCUT2D eigenvalue weighted by atomic mass is 9.89. The van der Waals surface area contributed by atoms with Crippen LogP contribution in [0.1, 0.15) is 37.7 Å². The number of amidine groups is 1. The molecule has 1 aliphatic carbocycles. The highest BCUT2D eigenvalue weighted by Crippen LogP contribution is 2.25. The van der Waals surface area contributed by atoms with E-state index >= 15 is 0 Å². The molecule has 2 N–H and O–H groups in total. The minimum Gasteiger partial charge on any atom is -0.384 e. The number of carbonyl (C=O) groups excluding carboxylic acids is 1. The van der Waals surface area contributed by atoms with E-state index in [9.17, 15) is 4.79 Å². The quantitative estimate of drug-likeness (QED) is 0.394. The lowest BCUT2D eigenvalue weighted by Gasteiger charge is -2.18. The second-order valence-corrected chi connectivity index (χ2v) is 6.08. The molecule has 1 aromatic carbocycles. The Morgan fingerprint density at radius 2 is 2.00 bits per heavy atom. The Kier molecular flexibility index (Phi) is 5.88. The smallest absolute Gasteiger partial charge is 0.338 e. The van der Waals surface area contributed by atoms with Gasteiger partial charge in [-0.05, 0) is 30.5 Å². The van der Waals surface area contributed by atoms with Crippen LogP contribution in [0.5, 0.6) is 0 Å². The van der Waals surface area contributed by atoms with Crippen molar-refractivity contribution >= 4 is 35.0 Å². The van der Waals surface area contributed by atoms with E-state index in [0.717, 1.165) is 31.2 Å². The summed E-state index contributed by atoms with van der Waals surface area (Å²) in [4.78, 5) is 16.8. The van der Waals surface area contributed by atoms with Crippen LogP contribution in [0.4, 0.5) is 0 Å². The van der Waals surface area contributed by atoms with Gasteiger partial charge in [0, 0.05) is 16.5 Å². The number of halogens is 2. The molecule has 0 saturated heterocycles. The lowest BCUT2D eigenvalue weighted by Crippen LogP contribution is -2.21. The molecule has 0 heterocycles. The van der Waals surface area contributed by atoms with Crippen molar-refractivity contribution in [3.63, 3.8) is 0 Å². The molecule has 4 nitrogen and oxygen atoms in total. The van der Waals surface area contributed by atoms with Gasteiger partial charge in [0.1, 0.15) is 5.84 Å². The molecule has 1 aromatic rings. The topological polar surface area (TPSA) is 64.7 Å². The molecule has 1 fully saturated rings. The summed E-state index contributed by atoms with van der Waals surface area (Å²) >= 11 is 11.9. The van der Waals surface area contributed by atoms with Gasteiger partial charge >= 0.3 is 5.97 Å². The normalized spacial score (nSPS) is 16.8. The summed E-state index contributed by atoms with van der Waals surface area (Å²) < 4.78 is 0. The summed E-state index contributed by atoms with van der Waals surface area (Å²) in [6.45, 7) is 0. The van der Waals surface area contributed by atoms with E-state index in [2.05, 4.69) is 5.16 Å². The molecule has 0 unspecified atom stereocenters. The van der Waals surface area contributed by atoms with Crippen molar-refractivity contribution in [2.45, 2.75) is 38.5 Å². The Balaban J connectivity index is 1.90. The van der Waals surface area contributed by atoms with Gasteiger partial charge in [0.05, 0.1) is 5.92 Å². The van der Waals surface area contributed by atoms with Crippen molar-refractivity contribution in [2.24, 2.45) is 16.8 Å². The van der Waals surface area contributed by atoms with Crippen LogP contribution in [-0.2, 0) is 16.1 Å². The molecule has 0 radical (unpaired) electrons. The number of benzene rings is 1. The van der Waals surface area contributed by atoms with Gasteiger partial charge in [-0.15, -0.1) is 0 Å². The van der Waals surface area contributed by atoms with Crippen LogP contribution in [-0.4, -0.2) is 11.8 Å². The molecule has 0 amide bonds. The SMILES string of the molecule is N/C(Cc1ccc(Cl)cc1Cl)=N\OC(=O)C1CCCCC1. The maximum absolute atomic E-state index is 11.8. The Labute approximate surface area is 134 Å². The van der Waals surface area contributed by atoms with Crippen molar-refractivity contribution in [1.29, 1.82) is 0 Å². The van der Waals surface area contributed by atoms with Crippen molar-refractivity contribution in [2.75, 3.05) is 0 Å². The van der Waals surface area contributed by atoms with Crippen LogP contribution in [0.15, 0.2) is 23.4 Å². The molecular weight excluding hydrogens is 311 g/mol. The number of carbonyl (C=O) groups is 1. The first-order valence-corrected chi connectivity index (χ1v) is 7.79. The molecule has 21 heavy (non-hydrogen) atoms. The molecule has 6 heteroatoms. The first kappa shape index (κ1) is 16.1. The number of hydrogen-bond donors (Lipinski definition) is 1. The molecule has 114 valence electrons. The third-order valence-electron chi connectivity index (χ3n) is 3.58. The number of rotatable bonds is 4. The largest absolute Gasteiger partial charge is 0.384 e. The minimum atomic E-state index is -0.292. The van der Waals surface area contributed by atoms with E-state index in [0.29, 0.717) is 16.5 Å². The van der Waals surface area contributed by atoms with Gasteiger partial charge in [-0.3, -0.25) is 0 Å². The van der Waals surface area contributed by atoms with Gasteiger partial charge in [-0.1, -0.05) is 53.7 Å². The first-order chi connectivity index (χ1) is 10.1. The third-order valence-corrected chi connectivity index (χ3v) is 4.17. The highest BCUT2D eigenvalue weighted by molar-refractivity contribution is 6.35. The average molecular weight is 329 g/mol. The maximum atomic E-state index is 11.8. The Bertz CT molecular complexity index is 540. The fraction of sp³-hybridized carbons (Fsp3) is 0.467. The summed E-state index contributed by atoms with van der Waals surface area (Å²) in [7, 11) is 0. The highest BCUT2D eigenvalue weighted by Gasteiger charge is 2.22. The van der Waals surface area contributed by atoms with Gasteiger partial charge in [0.2, 0.25) is 0 Å². The summed E-state index contributed by atoms with van der Waals surface area (Å²) in [5.41, 5.74) is 6.56. The number of nitrogens with two attached hydrogens (primary N) is 1. The van der Waals surface area contributed by atoms with Gasteiger partial charge in [0.25, 0.3) is 0 Å². The zero-order valence-electron chi connectivity index (χ0n) is 11.6. The average Bonchev–Trinajstić information content (AvgIpc) is 2.48. The van der Waals surface area contributed by atoms with Crippen LogP contribution < -0.4 is 5.73 Å². The van der Waals surface area contributed by atoms with E-state index in [1.165, 1.54) is 6.42 Å². The molecule has 0 aromatic heterocycles. The predicted molar refractivity (Wildman–Crippen MR) is 84.5 cm³/mol. The van der Waals surface area contributed by atoms with Crippen molar-refractivity contribution in [1.82, 2.24) is 0 Å². The first-order valence-electron chi connectivity index (χ1n) is 7.03. The zero-order chi connectivity index (χ0) is 15.2. The molecule has 1 saturated carbocycles. The van der Waals surface area contributed by atoms with Crippen LogP contribution in [0, 0.1) is 5.92 Å². The lowest BCUT2D eigenvalue weighted by molar-refractivity contribution is -0.149. The molecule has 0 spiro atoms. The number of oxime groups is 1. The minimum absolute atomic E-state index is 0.0468. The number of nitrogens with zero attached hydrogens (tertiary/aromatic N) is 1. The fourth-order valence-electron chi connectivity index (χ4n) is 2.41. The second-order valence-electron chi connectivity index (χ2n) is 5.24. The zero-order valence-corrected chi connectivity index (χ0v) is 13.2. The fourth-order valence-corrected chi connectivity index (χ4v) is 2.88. The van der Waals surface area contributed by atoms with Gasteiger partial charge in [-0.2, -0.15) is 0 Å². The van der Waals surface area contributed by atoms with Crippen LogP contribution >= 0.6 is 23.2 Å². The summed E-state index contributed by atoms with van der Waals surface area (Å²) in [5, 5.41) is 4.78. The van der Waals surface area contributed by atoms with Crippen LogP contribution in [0.3, 0.4) is 0 Å². The van der Waals surface area contributed by atoms with Crippen molar-refractivity contribution in [3.8, 4) is 0 Å². The molecule has 2 rings (SSSR count). The Morgan fingerprint density at radius 3 is 2.67 bits per heavy atom. The van der Waals surface area contributed by atoms with E-state index in [1.54, 1.807) is 18.2 Å². The van der Waals surface area contributed by atoms with E-state index in [-0.39, 0.29) is 17.7 Å². The monoisotopic (exact) mass is 328 g/mol. The molecular formula is C15H18Cl2N2O2. The van der Waals surface area contributed by atoms with Gasteiger partial charge in [-0.25, -0.2) is 4.79 Å². The third kappa shape index (κ3) is 4.90. The van der Waals surface area contributed by atoms with Gasteiger partial charge < -0.3 is 10.6 Å². The molecule has 0 bridgehead atoms. The highest BCUT2D eigenvalue weighted by atomic mass is 35.5. The molecule has 0 atom stereocenters. The van der Waals surface area contributed by atoms with Gasteiger partial charge in [0.15, 0.2) is 0 Å².